The first-order valence-electron chi connectivity index (χ1n) is 9.51. The van der Waals surface area contributed by atoms with Gasteiger partial charge in [-0.1, -0.05) is 66.8 Å². The Labute approximate surface area is 160 Å². The van der Waals surface area contributed by atoms with Crippen molar-refractivity contribution < 1.29 is 4.79 Å². The summed E-state index contributed by atoms with van der Waals surface area (Å²) in [6.07, 6.45) is 11.1. The predicted molar refractivity (Wildman–Crippen MR) is 110 cm³/mol. The summed E-state index contributed by atoms with van der Waals surface area (Å²) in [4.78, 5) is 13.5. The van der Waals surface area contributed by atoms with E-state index in [0.29, 0.717) is 5.57 Å². The van der Waals surface area contributed by atoms with E-state index in [1.165, 1.54) is 27.8 Å². The Hall–Kier alpha value is -3.07. The number of aryl methyl sites for hydroxylation is 2. The third-order valence-electron chi connectivity index (χ3n) is 5.29. The van der Waals surface area contributed by atoms with Crippen LogP contribution in [0.4, 0.5) is 0 Å². The number of carbonyl (C=O) groups excluding carboxylic acids is 1. The van der Waals surface area contributed by atoms with Gasteiger partial charge in [-0.3, -0.25) is 4.79 Å². The predicted octanol–water partition coefficient (Wildman–Crippen LogP) is 3.85. The van der Waals surface area contributed by atoms with E-state index in [-0.39, 0.29) is 5.91 Å². The molecule has 2 aromatic rings. The molecule has 1 amide bonds. The standard InChI is InChI=1S/C24H24N2O/c25-24(27)20-9-5-15-26(17-20)16-6-12-23-21-10-3-1-7-18(21)13-14-19-8-2-4-11-22(19)23/h1-5,7-12,17H,6,13-16H2,(H2,25,27). The zero-order valence-electron chi connectivity index (χ0n) is 15.4. The van der Waals surface area contributed by atoms with Crippen LogP contribution in [-0.4, -0.2) is 23.9 Å². The van der Waals surface area contributed by atoms with E-state index in [9.17, 15) is 4.79 Å². The highest BCUT2D eigenvalue weighted by molar-refractivity contribution is 5.94. The molecular formula is C24H24N2O. The highest BCUT2D eigenvalue weighted by Crippen LogP contribution is 2.33. The van der Waals surface area contributed by atoms with Crippen LogP contribution in [0.1, 0.15) is 28.7 Å². The molecular weight excluding hydrogens is 332 g/mol. The van der Waals surface area contributed by atoms with E-state index in [2.05, 4.69) is 59.5 Å². The fourth-order valence-electron chi connectivity index (χ4n) is 3.92. The van der Waals surface area contributed by atoms with Crippen molar-refractivity contribution in [1.29, 1.82) is 0 Å². The fourth-order valence-corrected chi connectivity index (χ4v) is 3.92. The first kappa shape index (κ1) is 17.3. The summed E-state index contributed by atoms with van der Waals surface area (Å²) in [5.74, 6) is -0.374. The SMILES string of the molecule is NC(=O)C1=CN(CCC=C2c3ccccc3CCc3ccccc32)CC=C1. The van der Waals surface area contributed by atoms with Crippen molar-refractivity contribution in [1.82, 2.24) is 4.90 Å². The van der Waals surface area contributed by atoms with Crippen LogP contribution in [0.25, 0.3) is 5.57 Å². The molecule has 136 valence electrons. The fraction of sp³-hybridized carbons (Fsp3) is 0.208. The van der Waals surface area contributed by atoms with Gasteiger partial charge in [0.1, 0.15) is 0 Å². The van der Waals surface area contributed by atoms with Crippen LogP contribution < -0.4 is 5.73 Å². The number of rotatable bonds is 4. The van der Waals surface area contributed by atoms with Crippen molar-refractivity contribution in [3.8, 4) is 0 Å². The Morgan fingerprint density at radius 3 is 2.26 bits per heavy atom. The maximum absolute atomic E-state index is 11.4. The molecule has 2 aromatic carbocycles. The number of nitrogens with two attached hydrogens (primary N) is 1. The van der Waals surface area contributed by atoms with Crippen LogP contribution in [0.5, 0.6) is 0 Å². The average Bonchev–Trinajstić information content (AvgIpc) is 2.86. The van der Waals surface area contributed by atoms with E-state index in [0.717, 1.165) is 32.4 Å². The number of hydrogen-bond donors (Lipinski definition) is 1. The maximum Gasteiger partial charge on any atom is 0.250 e. The molecule has 4 rings (SSSR count). The molecule has 0 fully saturated rings. The lowest BCUT2D eigenvalue weighted by Crippen LogP contribution is -2.25. The monoisotopic (exact) mass is 356 g/mol. The van der Waals surface area contributed by atoms with Gasteiger partial charge in [0, 0.05) is 19.3 Å². The van der Waals surface area contributed by atoms with Crippen molar-refractivity contribution in [3.63, 3.8) is 0 Å². The third kappa shape index (κ3) is 3.72. The van der Waals surface area contributed by atoms with E-state index >= 15 is 0 Å². The number of benzene rings is 2. The van der Waals surface area contributed by atoms with E-state index < -0.39 is 0 Å². The van der Waals surface area contributed by atoms with Gasteiger partial charge < -0.3 is 10.6 Å². The Balaban J connectivity index is 1.61. The van der Waals surface area contributed by atoms with Crippen LogP contribution in [0.3, 0.4) is 0 Å². The highest BCUT2D eigenvalue weighted by atomic mass is 16.1. The van der Waals surface area contributed by atoms with Crippen molar-refractivity contribution in [2.75, 3.05) is 13.1 Å². The molecule has 3 nitrogen and oxygen atoms in total. The minimum Gasteiger partial charge on any atom is -0.373 e. The van der Waals surface area contributed by atoms with Gasteiger partial charge in [-0.2, -0.15) is 0 Å². The van der Waals surface area contributed by atoms with Gasteiger partial charge in [0.25, 0.3) is 0 Å². The molecule has 0 saturated carbocycles. The van der Waals surface area contributed by atoms with Crippen LogP contribution >= 0.6 is 0 Å². The van der Waals surface area contributed by atoms with Gasteiger partial charge in [-0.05, 0) is 47.1 Å². The van der Waals surface area contributed by atoms with Crippen LogP contribution in [-0.2, 0) is 17.6 Å². The molecule has 1 aliphatic carbocycles. The first-order chi connectivity index (χ1) is 13.2. The van der Waals surface area contributed by atoms with Gasteiger partial charge in [0.2, 0.25) is 5.91 Å². The lowest BCUT2D eigenvalue weighted by Gasteiger charge is -2.22. The highest BCUT2D eigenvalue weighted by Gasteiger charge is 2.17. The molecule has 2 aliphatic rings. The first-order valence-corrected chi connectivity index (χ1v) is 9.51. The lowest BCUT2D eigenvalue weighted by molar-refractivity contribution is -0.114. The molecule has 1 heterocycles. The third-order valence-corrected chi connectivity index (χ3v) is 5.29. The molecule has 2 N–H and O–H groups in total. The second-order valence-corrected chi connectivity index (χ2v) is 7.07. The molecule has 0 radical (unpaired) electrons. The molecule has 0 atom stereocenters. The number of hydrogen-bond acceptors (Lipinski definition) is 2. The number of amides is 1. The minimum atomic E-state index is -0.374. The Morgan fingerprint density at radius 2 is 1.63 bits per heavy atom. The quantitative estimate of drug-likeness (QED) is 0.904. The smallest absolute Gasteiger partial charge is 0.250 e. The molecule has 0 aromatic heterocycles. The molecule has 0 saturated heterocycles. The average molecular weight is 356 g/mol. The molecule has 3 heteroatoms. The minimum absolute atomic E-state index is 0.374. The molecule has 0 unspecified atom stereocenters. The molecule has 0 spiro atoms. The van der Waals surface area contributed by atoms with E-state index in [1.54, 1.807) is 6.08 Å². The van der Waals surface area contributed by atoms with Gasteiger partial charge in [0.15, 0.2) is 0 Å². The van der Waals surface area contributed by atoms with Crippen LogP contribution in [0.15, 0.2) is 78.5 Å². The van der Waals surface area contributed by atoms with Crippen molar-refractivity contribution in [2.45, 2.75) is 19.3 Å². The number of fused-ring (bicyclic) bond motifs is 2. The Kier molecular flexibility index (Phi) is 4.93. The Bertz CT molecular complexity index is 903. The van der Waals surface area contributed by atoms with Crippen LogP contribution in [0.2, 0.25) is 0 Å². The zero-order chi connectivity index (χ0) is 18.6. The summed E-state index contributed by atoms with van der Waals surface area (Å²) in [5.41, 5.74) is 12.8. The maximum atomic E-state index is 11.4. The largest absolute Gasteiger partial charge is 0.373 e. The summed E-state index contributed by atoms with van der Waals surface area (Å²) in [5, 5.41) is 0. The molecule has 1 aliphatic heterocycles. The normalized spacial score (nSPS) is 15.5. The second-order valence-electron chi connectivity index (χ2n) is 7.07. The zero-order valence-corrected chi connectivity index (χ0v) is 15.4. The summed E-state index contributed by atoms with van der Waals surface area (Å²) in [6, 6.07) is 17.5. The van der Waals surface area contributed by atoms with Gasteiger partial charge in [-0.15, -0.1) is 0 Å². The lowest BCUT2D eigenvalue weighted by atomic mass is 9.93. The molecule has 0 bridgehead atoms. The van der Waals surface area contributed by atoms with Crippen molar-refractivity contribution in [2.24, 2.45) is 5.73 Å². The van der Waals surface area contributed by atoms with Crippen LogP contribution in [0, 0.1) is 0 Å². The summed E-state index contributed by atoms with van der Waals surface area (Å²) in [6.45, 7) is 1.67. The van der Waals surface area contributed by atoms with E-state index in [1.807, 2.05) is 12.3 Å². The second kappa shape index (κ2) is 7.67. The van der Waals surface area contributed by atoms with E-state index in [4.69, 9.17) is 5.73 Å². The number of primary amides is 1. The van der Waals surface area contributed by atoms with Gasteiger partial charge in [-0.25, -0.2) is 0 Å². The summed E-state index contributed by atoms with van der Waals surface area (Å²) >= 11 is 0. The topological polar surface area (TPSA) is 46.3 Å². The molecule has 27 heavy (non-hydrogen) atoms. The number of nitrogens with zero attached hydrogens (tertiary/aromatic N) is 1. The van der Waals surface area contributed by atoms with Gasteiger partial charge in [0.05, 0.1) is 5.57 Å². The van der Waals surface area contributed by atoms with Crippen molar-refractivity contribution >= 4 is 11.5 Å². The Morgan fingerprint density at radius 1 is 1.00 bits per heavy atom. The number of carbonyl (C=O) groups is 1. The van der Waals surface area contributed by atoms with Crippen molar-refractivity contribution in [3.05, 3.63) is 101 Å². The summed E-state index contributed by atoms with van der Waals surface area (Å²) < 4.78 is 0. The summed E-state index contributed by atoms with van der Waals surface area (Å²) in [7, 11) is 0. The van der Waals surface area contributed by atoms with Gasteiger partial charge >= 0.3 is 0 Å².